The van der Waals surface area contributed by atoms with Crippen LogP contribution in [0.4, 0.5) is 0 Å². The first-order valence-electron chi connectivity index (χ1n) is 6.22. The van der Waals surface area contributed by atoms with E-state index in [9.17, 15) is 0 Å². The molecule has 2 heterocycles. The van der Waals surface area contributed by atoms with E-state index < -0.39 is 0 Å². The lowest BCUT2D eigenvalue weighted by Gasteiger charge is -2.08. The van der Waals surface area contributed by atoms with Crippen LogP contribution in [-0.4, -0.2) is 9.97 Å². The molecule has 2 N–H and O–H groups in total. The van der Waals surface area contributed by atoms with Crippen LogP contribution in [0.2, 0.25) is 0 Å². The zero-order valence-corrected chi connectivity index (χ0v) is 10.2. The monoisotopic (exact) mass is 248 g/mol. The lowest BCUT2D eigenvalue weighted by molar-refractivity contribution is 0.494. The maximum Gasteiger partial charge on any atom is 0.136 e. The number of rotatable bonds is 2. The second-order valence-corrected chi connectivity index (χ2v) is 4.49. The maximum atomic E-state index is 6.08. The third-order valence-electron chi connectivity index (χ3n) is 3.33. The predicted molar refractivity (Wildman–Crippen MR) is 76.7 cm³/mol. The molecule has 0 atom stereocenters. The van der Waals surface area contributed by atoms with Crippen molar-refractivity contribution in [2.24, 2.45) is 0 Å². The second-order valence-electron chi connectivity index (χ2n) is 4.49. The van der Waals surface area contributed by atoms with Crippen LogP contribution in [0.25, 0.3) is 21.8 Å². The van der Waals surface area contributed by atoms with Gasteiger partial charge in [0.25, 0.3) is 0 Å². The van der Waals surface area contributed by atoms with Gasteiger partial charge in [-0.15, -0.1) is 0 Å². The largest absolute Gasteiger partial charge is 0.456 e. The summed E-state index contributed by atoms with van der Waals surface area (Å²) in [5.41, 5.74) is 2.16. The highest BCUT2D eigenvalue weighted by atomic mass is 16.5. The SMILES string of the molecule is c1cc(Oc2cccc3[nH]ccc23)c2cc[nH]c2c1. The molecule has 0 radical (unpaired) electrons. The summed E-state index contributed by atoms with van der Waals surface area (Å²) < 4.78 is 6.08. The minimum Gasteiger partial charge on any atom is -0.456 e. The van der Waals surface area contributed by atoms with Crippen molar-refractivity contribution in [3.05, 3.63) is 60.9 Å². The second kappa shape index (κ2) is 3.92. The number of ether oxygens (including phenoxy) is 1. The van der Waals surface area contributed by atoms with Crippen LogP contribution in [-0.2, 0) is 0 Å². The van der Waals surface area contributed by atoms with Gasteiger partial charge in [0.2, 0.25) is 0 Å². The molecular formula is C16H12N2O. The Bertz CT molecular complexity index is 785. The van der Waals surface area contributed by atoms with E-state index in [0.717, 1.165) is 33.3 Å². The number of hydrogen-bond acceptors (Lipinski definition) is 1. The first kappa shape index (κ1) is 10.3. The molecule has 0 unspecified atom stereocenters. The van der Waals surface area contributed by atoms with Crippen LogP contribution in [0.3, 0.4) is 0 Å². The standard InChI is InChI=1S/C16H12N2O/c1-3-13-11(7-9-17-13)15(5-1)19-16-6-2-4-14-12(16)8-10-18-14/h1-10,17-18H. The third kappa shape index (κ3) is 1.59. The Morgan fingerprint density at radius 3 is 1.68 bits per heavy atom. The number of aromatic amines is 2. The van der Waals surface area contributed by atoms with Crippen molar-refractivity contribution in [2.75, 3.05) is 0 Å². The summed E-state index contributed by atoms with van der Waals surface area (Å²) in [5, 5.41) is 2.19. The zero-order chi connectivity index (χ0) is 12.7. The molecule has 0 aliphatic heterocycles. The maximum absolute atomic E-state index is 6.08. The summed E-state index contributed by atoms with van der Waals surface area (Å²) in [4.78, 5) is 6.38. The molecule has 0 amide bonds. The minimum atomic E-state index is 0.868. The molecule has 0 bridgehead atoms. The Labute approximate surface area is 109 Å². The van der Waals surface area contributed by atoms with E-state index >= 15 is 0 Å². The molecule has 4 rings (SSSR count). The fraction of sp³-hybridized carbons (Fsp3) is 0. The summed E-state index contributed by atoms with van der Waals surface area (Å²) in [6.45, 7) is 0. The van der Waals surface area contributed by atoms with Crippen molar-refractivity contribution < 1.29 is 4.74 Å². The quantitative estimate of drug-likeness (QED) is 0.541. The van der Waals surface area contributed by atoms with Crippen LogP contribution in [0.1, 0.15) is 0 Å². The van der Waals surface area contributed by atoms with E-state index in [-0.39, 0.29) is 0 Å². The summed E-state index contributed by atoms with van der Waals surface area (Å²) in [5.74, 6) is 1.74. The van der Waals surface area contributed by atoms with Gasteiger partial charge in [0.05, 0.1) is 0 Å². The van der Waals surface area contributed by atoms with Gasteiger partial charge in [-0.3, -0.25) is 0 Å². The molecule has 19 heavy (non-hydrogen) atoms. The van der Waals surface area contributed by atoms with Gasteiger partial charge < -0.3 is 14.7 Å². The van der Waals surface area contributed by atoms with Crippen molar-refractivity contribution >= 4 is 21.8 Å². The Kier molecular flexibility index (Phi) is 2.12. The van der Waals surface area contributed by atoms with Crippen molar-refractivity contribution in [2.45, 2.75) is 0 Å². The molecule has 0 aliphatic carbocycles. The van der Waals surface area contributed by atoms with Gasteiger partial charge in [-0.25, -0.2) is 0 Å². The van der Waals surface area contributed by atoms with Gasteiger partial charge in [-0.1, -0.05) is 12.1 Å². The predicted octanol–water partition coefficient (Wildman–Crippen LogP) is 4.44. The van der Waals surface area contributed by atoms with Crippen LogP contribution >= 0.6 is 0 Å². The van der Waals surface area contributed by atoms with Gasteiger partial charge in [0.1, 0.15) is 11.5 Å². The van der Waals surface area contributed by atoms with E-state index in [2.05, 4.69) is 9.97 Å². The van der Waals surface area contributed by atoms with Gasteiger partial charge in [-0.05, 0) is 36.4 Å². The van der Waals surface area contributed by atoms with Crippen molar-refractivity contribution in [1.29, 1.82) is 0 Å². The molecule has 4 aromatic rings. The topological polar surface area (TPSA) is 40.8 Å². The number of nitrogens with one attached hydrogen (secondary N) is 2. The van der Waals surface area contributed by atoms with Crippen LogP contribution in [0.15, 0.2) is 60.9 Å². The van der Waals surface area contributed by atoms with E-state index in [4.69, 9.17) is 4.74 Å². The summed E-state index contributed by atoms with van der Waals surface area (Å²) in [7, 11) is 0. The number of benzene rings is 2. The molecule has 3 heteroatoms. The van der Waals surface area contributed by atoms with Gasteiger partial charge >= 0.3 is 0 Å². The molecule has 3 nitrogen and oxygen atoms in total. The highest BCUT2D eigenvalue weighted by Gasteiger charge is 2.07. The van der Waals surface area contributed by atoms with E-state index in [1.807, 2.05) is 60.9 Å². The van der Waals surface area contributed by atoms with E-state index in [1.165, 1.54) is 0 Å². The van der Waals surface area contributed by atoms with Gasteiger partial charge in [-0.2, -0.15) is 0 Å². The third-order valence-corrected chi connectivity index (χ3v) is 3.33. The molecule has 0 saturated heterocycles. The highest BCUT2D eigenvalue weighted by molar-refractivity contribution is 5.89. The zero-order valence-electron chi connectivity index (χ0n) is 10.2. The Hall–Kier alpha value is -2.68. The average Bonchev–Trinajstić information content (AvgIpc) is 3.08. The number of hydrogen-bond donors (Lipinski definition) is 2. The van der Waals surface area contributed by atoms with Gasteiger partial charge in [0, 0.05) is 34.2 Å². The Balaban J connectivity index is 1.86. The smallest absolute Gasteiger partial charge is 0.136 e. The molecule has 0 aliphatic rings. The number of aromatic nitrogens is 2. The molecule has 2 aromatic carbocycles. The summed E-state index contributed by atoms with van der Waals surface area (Å²) in [6.07, 6.45) is 3.85. The summed E-state index contributed by atoms with van der Waals surface area (Å²) >= 11 is 0. The fourth-order valence-electron chi connectivity index (χ4n) is 2.41. The minimum absolute atomic E-state index is 0.868. The average molecular weight is 248 g/mol. The molecular weight excluding hydrogens is 236 g/mol. The van der Waals surface area contributed by atoms with Gasteiger partial charge in [0.15, 0.2) is 0 Å². The molecule has 2 aromatic heterocycles. The number of fused-ring (bicyclic) bond motifs is 2. The molecule has 0 fully saturated rings. The van der Waals surface area contributed by atoms with Crippen molar-refractivity contribution in [3.8, 4) is 11.5 Å². The Morgan fingerprint density at radius 1 is 0.632 bits per heavy atom. The lowest BCUT2D eigenvalue weighted by Crippen LogP contribution is -1.85. The highest BCUT2D eigenvalue weighted by Crippen LogP contribution is 2.33. The van der Waals surface area contributed by atoms with Crippen LogP contribution in [0.5, 0.6) is 11.5 Å². The molecule has 0 saturated carbocycles. The molecule has 0 spiro atoms. The normalized spacial score (nSPS) is 11.2. The van der Waals surface area contributed by atoms with Crippen LogP contribution in [0, 0.1) is 0 Å². The van der Waals surface area contributed by atoms with Crippen LogP contribution < -0.4 is 4.74 Å². The summed E-state index contributed by atoms with van der Waals surface area (Å²) in [6, 6.07) is 16.1. The van der Waals surface area contributed by atoms with E-state index in [0.29, 0.717) is 0 Å². The van der Waals surface area contributed by atoms with Crippen molar-refractivity contribution in [3.63, 3.8) is 0 Å². The lowest BCUT2D eigenvalue weighted by atomic mass is 10.2. The van der Waals surface area contributed by atoms with E-state index in [1.54, 1.807) is 0 Å². The molecule has 92 valence electrons. The first-order chi connectivity index (χ1) is 9.42. The Morgan fingerprint density at radius 2 is 1.16 bits per heavy atom. The van der Waals surface area contributed by atoms with Crippen molar-refractivity contribution in [1.82, 2.24) is 9.97 Å². The first-order valence-corrected chi connectivity index (χ1v) is 6.22. The fourth-order valence-corrected chi connectivity index (χ4v) is 2.41. The number of H-pyrrole nitrogens is 2.